The van der Waals surface area contributed by atoms with Crippen molar-refractivity contribution < 1.29 is 18.7 Å². The van der Waals surface area contributed by atoms with Crippen molar-refractivity contribution in [1.82, 2.24) is 0 Å². The molecule has 0 saturated carbocycles. The van der Waals surface area contributed by atoms with Crippen molar-refractivity contribution in [2.75, 3.05) is 11.9 Å². The molecule has 5 nitrogen and oxygen atoms in total. The molecule has 142 valence electrons. The molecular formula is C23H21NO4. The van der Waals surface area contributed by atoms with Gasteiger partial charge in [-0.25, -0.2) is 4.79 Å². The fourth-order valence-electron chi connectivity index (χ4n) is 3.45. The van der Waals surface area contributed by atoms with Crippen LogP contribution >= 0.6 is 0 Å². The van der Waals surface area contributed by atoms with Gasteiger partial charge in [-0.1, -0.05) is 24.3 Å². The monoisotopic (exact) mass is 375 g/mol. The van der Waals surface area contributed by atoms with Crippen LogP contribution in [0.3, 0.4) is 0 Å². The average Bonchev–Trinajstić information content (AvgIpc) is 3.41. The molecule has 0 radical (unpaired) electrons. The number of hydrogen-bond acceptors (Lipinski definition) is 5. The Bertz CT molecular complexity index is 992. The highest BCUT2D eigenvalue weighted by atomic mass is 16.5. The van der Waals surface area contributed by atoms with Crippen LogP contribution in [0.2, 0.25) is 0 Å². The number of ether oxygens (including phenoxy) is 1. The molecule has 1 heterocycles. The summed E-state index contributed by atoms with van der Waals surface area (Å²) in [6.45, 7) is 0.176. The fraction of sp³-hybridized carbons (Fsp3) is 0.217. The van der Waals surface area contributed by atoms with E-state index in [0.29, 0.717) is 23.4 Å². The molecule has 4 rings (SSSR count). The van der Waals surface area contributed by atoms with Crippen molar-refractivity contribution in [1.29, 1.82) is 0 Å². The Hall–Kier alpha value is -3.34. The van der Waals surface area contributed by atoms with E-state index in [1.165, 1.54) is 11.1 Å². The summed E-state index contributed by atoms with van der Waals surface area (Å²) >= 11 is 0. The Balaban J connectivity index is 1.39. The Morgan fingerprint density at radius 3 is 2.71 bits per heavy atom. The maximum absolute atomic E-state index is 12.5. The summed E-state index contributed by atoms with van der Waals surface area (Å²) in [5, 5.41) is 3.16. The van der Waals surface area contributed by atoms with Crippen molar-refractivity contribution in [3.8, 4) is 0 Å². The zero-order valence-corrected chi connectivity index (χ0v) is 15.4. The van der Waals surface area contributed by atoms with Gasteiger partial charge in [-0.15, -0.1) is 0 Å². The number of esters is 1. The molecule has 1 aliphatic rings. The lowest BCUT2D eigenvalue weighted by molar-refractivity contribution is 0.0475. The van der Waals surface area contributed by atoms with E-state index in [2.05, 4.69) is 5.32 Å². The van der Waals surface area contributed by atoms with Crippen LogP contribution in [0.5, 0.6) is 0 Å². The molecule has 5 heteroatoms. The first-order chi connectivity index (χ1) is 13.7. The minimum absolute atomic E-state index is 0.191. The number of aryl methyl sites for hydroxylation is 2. The minimum atomic E-state index is -0.531. The summed E-state index contributed by atoms with van der Waals surface area (Å²) in [6.07, 6.45) is 4.80. The minimum Gasteiger partial charge on any atom is -0.467 e. The summed E-state index contributed by atoms with van der Waals surface area (Å²) in [7, 11) is 0. The van der Waals surface area contributed by atoms with Crippen molar-refractivity contribution in [2.45, 2.75) is 25.8 Å². The normalized spacial score (nSPS) is 12.4. The predicted octanol–water partition coefficient (Wildman–Crippen LogP) is 4.42. The third kappa shape index (κ3) is 3.98. The summed E-state index contributed by atoms with van der Waals surface area (Å²) in [5.41, 5.74) is 4.15. The number of benzene rings is 2. The van der Waals surface area contributed by atoms with Crippen LogP contribution in [0.25, 0.3) is 0 Å². The molecule has 28 heavy (non-hydrogen) atoms. The Morgan fingerprint density at radius 1 is 1.00 bits per heavy atom. The zero-order chi connectivity index (χ0) is 19.3. The van der Waals surface area contributed by atoms with E-state index in [0.717, 1.165) is 25.0 Å². The van der Waals surface area contributed by atoms with E-state index in [4.69, 9.17) is 9.15 Å². The van der Waals surface area contributed by atoms with E-state index in [-0.39, 0.29) is 12.4 Å². The number of para-hydroxylation sites is 1. The molecule has 1 aliphatic carbocycles. The highest BCUT2D eigenvalue weighted by Crippen LogP contribution is 2.23. The molecule has 3 aromatic rings. The first kappa shape index (κ1) is 18.0. The molecule has 1 N–H and O–H groups in total. The molecule has 0 aliphatic heterocycles. The highest BCUT2D eigenvalue weighted by Gasteiger charge is 2.17. The Morgan fingerprint density at radius 2 is 1.86 bits per heavy atom. The maximum Gasteiger partial charge on any atom is 0.340 e. The average molecular weight is 375 g/mol. The van der Waals surface area contributed by atoms with Gasteiger partial charge < -0.3 is 14.5 Å². The molecule has 0 amide bonds. The van der Waals surface area contributed by atoms with Crippen molar-refractivity contribution in [2.24, 2.45) is 0 Å². The van der Waals surface area contributed by atoms with Crippen LogP contribution in [-0.2, 0) is 24.1 Å². The molecule has 2 aromatic carbocycles. The molecule has 0 saturated heterocycles. The quantitative estimate of drug-likeness (QED) is 0.489. The summed E-state index contributed by atoms with van der Waals surface area (Å²) in [5.74, 6) is 0.0380. The van der Waals surface area contributed by atoms with Crippen LogP contribution in [0.1, 0.15) is 44.0 Å². The van der Waals surface area contributed by atoms with Gasteiger partial charge in [0.2, 0.25) is 0 Å². The second-order valence-corrected chi connectivity index (χ2v) is 6.81. The van der Waals surface area contributed by atoms with Crippen LogP contribution in [0, 0.1) is 0 Å². The number of carbonyl (C=O) groups is 2. The number of nitrogens with one attached hydrogen (secondary N) is 1. The smallest absolute Gasteiger partial charge is 0.340 e. The highest BCUT2D eigenvalue weighted by molar-refractivity contribution is 6.01. The van der Waals surface area contributed by atoms with Crippen LogP contribution in [0.15, 0.2) is 65.3 Å². The number of ketones is 1. The van der Waals surface area contributed by atoms with E-state index in [9.17, 15) is 9.59 Å². The van der Waals surface area contributed by atoms with Gasteiger partial charge in [-0.2, -0.15) is 0 Å². The molecular weight excluding hydrogens is 354 g/mol. The van der Waals surface area contributed by atoms with Gasteiger partial charge in [0.15, 0.2) is 12.4 Å². The Kier molecular flexibility index (Phi) is 5.24. The molecule has 1 aromatic heterocycles. The maximum atomic E-state index is 12.5. The zero-order valence-electron chi connectivity index (χ0n) is 15.4. The van der Waals surface area contributed by atoms with E-state index < -0.39 is 5.97 Å². The van der Waals surface area contributed by atoms with Crippen LogP contribution in [0.4, 0.5) is 5.69 Å². The number of fused-ring (bicyclic) bond motifs is 1. The van der Waals surface area contributed by atoms with E-state index in [1.54, 1.807) is 24.5 Å². The summed E-state index contributed by atoms with van der Waals surface area (Å²) in [4.78, 5) is 25.0. The second kappa shape index (κ2) is 8.13. The summed E-state index contributed by atoms with van der Waals surface area (Å²) < 4.78 is 10.6. The van der Waals surface area contributed by atoms with Gasteiger partial charge in [0.05, 0.1) is 18.4 Å². The third-order valence-corrected chi connectivity index (χ3v) is 4.93. The first-order valence-corrected chi connectivity index (χ1v) is 9.38. The largest absolute Gasteiger partial charge is 0.467 e. The molecule has 0 fully saturated rings. The fourth-order valence-corrected chi connectivity index (χ4v) is 3.45. The van der Waals surface area contributed by atoms with Crippen molar-refractivity contribution in [3.63, 3.8) is 0 Å². The van der Waals surface area contributed by atoms with Crippen molar-refractivity contribution in [3.05, 3.63) is 88.9 Å². The third-order valence-electron chi connectivity index (χ3n) is 4.93. The number of anilines is 1. The number of furan rings is 1. The number of hydrogen-bond donors (Lipinski definition) is 1. The predicted molar refractivity (Wildman–Crippen MR) is 106 cm³/mol. The lowest BCUT2D eigenvalue weighted by Gasteiger charge is -2.11. The van der Waals surface area contributed by atoms with Gasteiger partial charge in [0.1, 0.15) is 5.76 Å². The molecule has 0 atom stereocenters. The lowest BCUT2D eigenvalue weighted by Crippen LogP contribution is -2.16. The van der Waals surface area contributed by atoms with Crippen LogP contribution < -0.4 is 5.32 Å². The van der Waals surface area contributed by atoms with Gasteiger partial charge >= 0.3 is 5.97 Å². The van der Waals surface area contributed by atoms with E-state index in [1.807, 2.05) is 36.4 Å². The molecule has 0 spiro atoms. The number of carbonyl (C=O) groups excluding carboxylic acids is 2. The standard InChI is InChI=1S/C23H21NO4/c25-22(18-11-10-16-5-3-6-17(16)13-18)15-28-23(26)20-8-1-2-9-21(20)24-14-19-7-4-12-27-19/h1-2,4,7-13,24H,3,5-6,14-15H2. The first-order valence-electron chi connectivity index (χ1n) is 9.38. The van der Waals surface area contributed by atoms with Gasteiger partial charge in [-0.3, -0.25) is 4.79 Å². The summed E-state index contributed by atoms with van der Waals surface area (Å²) in [6, 6.07) is 16.5. The van der Waals surface area contributed by atoms with Crippen LogP contribution in [-0.4, -0.2) is 18.4 Å². The van der Waals surface area contributed by atoms with Gasteiger partial charge in [0.25, 0.3) is 0 Å². The Labute approximate surface area is 163 Å². The van der Waals surface area contributed by atoms with Gasteiger partial charge in [-0.05, 0) is 60.7 Å². The van der Waals surface area contributed by atoms with Gasteiger partial charge in [0, 0.05) is 11.3 Å². The SMILES string of the molecule is O=C(COC(=O)c1ccccc1NCc1ccco1)c1ccc2c(c1)CCC2. The lowest BCUT2D eigenvalue weighted by atomic mass is 10.0. The molecule has 0 unspecified atom stereocenters. The topological polar surface area (TPSA) is 68.5 Å². The molecule has 0 bridgehead atoms. The van der Waals surface area contributed by atoms with Crippen molar-refractivity contribution >= 4 is 17.4 Å². The second-order valence-electron chi connectivity index (χ2n) is 6.81. The number of Topliss-reactive ketones (excluding diaryl/α,β-unsaturated/α-hetero) is 1. The van der Waals surface area contributed by atoms with E-state index >= 15 is 0 Å². The number of rotatable bonds is 7.